The van der Waals surface area contributed by atoms with Gasteiger partial charge in [0.15, 0.2) is 5.82 Å². The van der Waals surface area contributed by atoms with E-state index in [9.17, 15) is 4.79 Å². The van der Waals surface area contributed by atoms with Crippen molar-refractivity contribution < 1.29 is 9.53 Å². The number of nitrogens with two attached hydrogens (primary N) is 1. The second-order valence-electron chi connectivity index (χ2n) is 11.5. The quantitative estimate of drug-likeness (QED) is 0.486. The fourth-order valence-corrected chi connectivity index (χ4v) is 7.14. The van der Waals surface area contributed by atoms with Crippen LogP contribution in [0.1, 0.15) is 68.1 Å². The number of halogens is 1. The van der Waals surface area contributed by atoms with Crippen LogP contribution in [0.25, 0.3) is 0 Å². The molecule has 0 aromatic carbocycles. The number of carbonyl (C=O) groups excluding carboxylic acids is 1. The molecule has 10 nitrogen and oxygen atoms in total. The Kier molecular flexibility index (Phi) is 7.86. The lowest BCUT2D eigenvalue weighted by molar-refractivity contribution is -0.0660. The van der Waals surface area contributed by atoms with E-state index in [2.05, 4.69) is 25.4 Å². The Labute approximate surface area is 235 Å². The molecule has 4 N–H and O–H groups in total. The van der Waals surface area contributed by atoms with Crippen LogP contribution < -0.4 is 21.3 Å². The van der Waals surface area contributed by atoms with Crippen LogP contribution in [0, 0.1) is 0 Å². The van der Waals surface area contributed by atoms with Gasteiger partial charge < -0.3 is 26.0 Å². The fraction of sp³-hybridized carbons (Fsp3) is 0.679. The molecule has 3 aliphatic heterocycles. The molecule has 2 saturated heterocycles. The molecule has 1 amide bonds. The third-order valence-electron chi connectivity index (χ3n) is 9.15. The second kappa shape index (κ2) is 11.5. The van der Waals surface area contributed by atoms with Crippen molar-refractivity contribution in [2.75, 3.05) is 67.2 Å². The van der Waals surface area contributed by atoms with E-state index in [-0.39, 0.29) is 22.6 Å². The molecule has 2 aromatic rings. The zero-order valence-corrected chi connectivity index (χ0v) is 23.5. The van der Waals surface area contributed by atoms with Gasteiger partial charge in [-0.3, -0.25) is 14.7 Å². The predicted molar refractivity (Wildman–Crippen MR) is 155 cm³/mol. The summed E-state index contributed by atoms with van der Waals surface area (Å²) >= 11 is 7.03. The number of carbonyl (C=O) groups is 1. The predicted octanol–water partition coefficient (Wildman–Crippen LogP) is 3.89. The number of fused-ring (bicyclic) bond motifs is 2. The molecule has 11 heteroatoms. The van der Waals surface area contributed by atoms with Gasteiger partial charge in [-0.15, -0.1) is 11.6 Å². The highest BCUT2D eigenvalue weighted by Crippen LogP contribution is 2.44. The second-order valence-corrected chi connectivity index (χ2v) is 12.0. The molecule has 4 aliphatic rings. The molecule has 1 saturated carbocycles. The number of rotatable bonds is 4. The average Bonchev–Trinajstić information content (AvgIpc) is 3.26. The molecule has 1 aliphatic carbocycles. The zero-order valence-electron chi connectivity index (χ0n) is 22.7. The first kappa shape index (κ1) is 26.7. The molecule has 0 bridgehead atoms. The number of anilines is 4. The third kappa shape index (κ3) is 5.18. The minimum atomic E-state index is -0.337. The van der Waals surface area contributed by atoms with Crippen molar-refractivity contribution in [1.82, 2.24) is 19.7 Å². The zero-order chi connectivity index (χ0) is 26.8. The summed E-state index contributed by atoms with van der Waals surface area (Å²) in [4.78, 5) is 22.9. The minimum absolute atomic E-state index is 0.116. The van der Waals surface area contributed by atoms with Gasteiger partial charge in [-0.2, -0.15) is 5.10 Å². The summed E-state index contributed by atoms with van der Waals surface area (Å²) in [5.74, 6) is 0.642. The van der Waals surface area contributed by atoms with Crippen molar-refractivity contribution in [3.05, 3.63) is 24.0 Å². The van der Waals surface area contributed by atoms with Gasteiger partial charge >= 0.3 is 0 Å². The summed E-state index contributed by atoms with van der Waals surface area (Å²) in [5, 5.41) is 11.2. The van der Waals surface area contributed by atoms with Crippen molar-refractivity contribution in [2.45, 2.75) is 74.7 Å². The maximum atomic E-state index is 13.8. The van der Waals surface area contributed by atoms with Gasteiger partial charge in [0, 0.05) is 38.9 Å². The number of amides is 1. The third-order valence-corrected chi connectivity index (χ3v) is 9.71. The number of nitrogens with zero attached hydrogens (tertiary/aromatic N) is 5. The minimum Gasteiger partial charge on any atom is -0.381 e. The highest BCUT2D eigenvalue weighted by Gasteiger charge is 2.46. The number of hydrogen-bond donors (Lipinski definition) is 3. The lowest BCUT2D eigenvalue weighted by atomic mass is 9.81. The number of hydrogen-bond acceptors (Lipinski definition) is 8. The largest absolute Gasteiger partial charge is 0.381 e. The number of piperazine rings is 1. The van der Waals surface area contributed by atoms with E-state index in [0.29, 0.717) is 29.7 Å². The van der Waals surface area contributed by atoms with Gasteiger partial charge in [0.25, 0.3) is 5.91 Å². The van der Waals surface area contributed by atoms with Crippen LogP contribution in [0.3, 0.4) is 0 Å². The lowest BCUT2D eigenvalue weighted by Gasteiger charge is -2.43. The molecule has 6 rings (SSSR count). The molecule has 212 valence electrons. The summed E-state index contributed by atoms with van der Waals surface area (Å²) in [6.45, 7) is 5.95. The van der Waals surface area contributed by atoms with E-state index in [0.717, 1.165) is 70.8 Å². The molecule has 3 fully saturated rings. The highest BCUT2D eigenvalue weighted by atomic mass is 35.5. The number of pyridine rings is 1. The number of ether oxygens (including phenoxy) is 1. The average molecular weight is 557 g/mol. The van der Waals surface area contributed by atoms with Crippen LogP contribution in [-0.2, 0) is 10.3 Å². The van der Waals surface area contributed by atoms with Crippen LogP contribution in [0.2, 0.25) is 0 Å². The maximum absolute atomic E-state index is 13.8. The van der Waals surface area contributed by atoms with E-state index in [1.165, 1.54) is 32.1 Å². The Morgan fingerprint density at radius 1 is 1.08 bits per heavy atom. The Morgan fingerprint density at radius 3 is 2.44 bits per heavy atom. The number of nitrogens with one attached hydrogen (secondary N) is 2. The maximum Gasteiger partial charge on any atom is 0.263 e. The molecule has 5 heterocycles. The number of nitrogen functional groups attached to an aromatic ring is 1. The molecule has 0 radical (unpaired) electrons. The van der Waals surface area contributed by atoms with Crippen molar-refractivity contribution >= 4 is 40.5 Å². The molecule has 2 aromatic heterocycles. The number of aromatic nitrogens is 3. The standard InChI is InChI=1S/C28H41ClN8O2/c29-23-17-32-26-24(25(30)34-37(26)28(23)9-6-4-2-1-3-5-7-10-28)27(38)33-21-16-31-11-8-22(21)36-14-12-35(13-15-36)20-18-39-19-20/h8,11,16,20,23,32H,1-7,9-10,12-15,17-19H2,(H2,30,34)(H,33,38). The first-order valence-electron chi connectivity index (χ1n) is 14.7. The number of alkyl halides is 1. The summed E-state index contributed by atoms with van der Waals surface area (Å²) < 4.78 is 7.34. The first-order chi connectivity index (χ1) is 19.1. The van der Waals surface area contributed by atoms with Crippen molar-refractivity contribution in [3.63, 3.8) is 0 Å². The van der Waals surface area contributed by atoms with Crippen LogP contribution in [0.5, 0.6) is 0 Å². The van der Waals surface area contributed by atoms with Crippen LogP contribution >= 0.6 is 11.6 Å². The van der Waals surface area contributed by atoms with Crippen LogP contribution in [0.15, 0.2) is 18.5 Å². The van der Waals surface area contributed by atoms with Crippen molar-refractivity contribution in [2.24, 2.45) is 0 Å². The van der Waals surface area contributed by atoms with E-state index in [4.69, 9.17) is 27.2 Å². The van der Waals surface area contributed by atoms with E-state index >= 15 is 0 Å². The monoisotopic (exact) mass is 556 g/mol. The molecular weight excluding hydrogens is 516 g/mol. The molecule has 1 unspecified atom stereocenters. The molecule has 1 spiro atoms. The fourth-order valence-electron chi connectivity index (χ4n) is 6.76. The van der Waals surface area contributed by atoms with Gasteiger partial charge in [-0.25, -0.2) is 4.68 Å². The van der Waals surface area contributed by atoms with Gasteiger partial charge in [0.1, 0.15) is 11.4 Å². The lowest BCUT2D eigenvalue weighted by Crippen LogP contribution is -2.56. The summed E-state index contributed by atoms with van der Waals surface area (Å²) in [7, 11) is 0. The normalized spacial score (nSPS) is 24.4. The van der Waals surface area contributed by atoms with Crippen LogP contribution in [0.4, 0.5) is 23.0 Å². The Bertz CT molecular complexity index is 1150. The van der Waals surface area contributed by atoms with Gasteiger partial charge in [-0.05, 0) is 18.9 Å². The highest BCUT2D eigenvalue weighted by molar-refractivity contribution is 6.22. The van der Waals surface area contributed by atoms with E-state index < -0.39 is 0 Å². The van der Waals surface area contributed by atoms with Crippen molar-refractivity contribution in [1.29, 1.82) is 0 Å². The smallest absolute Gasteiger partial charge is 0.263 e. The molecule has 39 heavy (non-hydrogen) atoms. The first-order valence-corrected chi connectivity index (χ1v) is 15.1. The molecular formula is C28H41ClN8O2. The SMILES string of the molecule is Nc1nn2c(c1C(=O)Nc1cnccc1N1CCN(C3COC3)CC1)NCC(Cl)C21CCCCCCCCC1. The Balaban J connectivity index is 1.23. The topological polar surface area (TPSA) is 114 Å². The molecule has 1 atom stereocenters. The van der Waals surface area contributed by atoms with Gasteiger partial charge in [-0.1, -0.05) is 44.9 Å². The van der Waals surface area contributed by atoms with Gasteiger partial charge in [0.05, 0.1) is 47.7 Å². The Hall–Kier alpha value is -2.56. The summed E-state index contributed by atoms with van der Waals surface area (Å²) in [6.07, 6.45) is 13.8. The summed E-state index contributed by atoms with van der Waals surface area (Å²) in [5.41, 5.74) is 8.17. The van der Waals surface area contributed by atoms with Crippen LogP contribution in [-0.4, -0.2) is 82.9 Å². The Morgan fingerprint density at radius 2 is 1.77 bits per heavy atom. The van der Waals surface area contributed by atoms with E-state index in [1.807, 2.05) is 10.7 Å². The summed E-state index contributed by atoms with van der Waals surface area (Å²) in [6, 6.07) is 2.51. The van der Waals surface area contributed by atoms with Gasteiger partial charge in [0.2, 0.25) is 0 Å². The van der Waals surface area contributed by atoms with E-state index in [1.54, 1.807) is 12.4 Å². The van der Waals surface area contributed by atoms with Crippen molar-refractivity contribution in [3.8, 4) is 0 Å².